The van der Waals surface area contributed by atoms with Gasteiger partial charge in [0.25, 0.3) is 0 Å². The summed E-state index contributed by atoms with van der Waals surface area (Å²) in [6.45, 7) is 1.24. The summed E-state index contributed by atoms with van der Waals surface area (Å²) in [6, 6.07) is 21.2. The highest BCUT2D eigenvalue weighted by Crippen LogP contribution is 2.46. The van der Waals surface area contributed by atoms with Gasteiger partial charge in [0.1, 0.15) is 29.1 Å². The number of rotatable bonds is 8. The van der Waals surface area contributed by atoms with Crippen molar-refractivity contribution in [2.24, 2.45) is 4.99 Å². The fourth-order valence-corrected chi connectivity index (χ4v) is 6.55. The van der Waals surface area contributed by atoms with Gasteiger partial charge in [-0.15, -0.1) is 0 Å². The van der Waals surface area contributed by atoms with Crippen molar-refractivity contribution >= 4 is 16.0 Å². The number of benzene rings is 3. The van der Waals surface area contributed by atoms with Crippen LogP contribution < -0.4 is 14.2 Å². The van der Waals surface area contributed by atoms with Crippen molar-refractivity contribution in [1.29, 1.82) is 0 Å². The van der Waals surface area contributed by atoms with Gasteiger partial charge in [0.15, 0.2) is 0 Å². The van der Waals surface area contributed by atoms with Crippen LogP contribution >= 0.6 is 0 Å². The maximum Gasteiger partial charge on any atom is 0.306 e. The van der Waals surface area contributed by atoms with E-state index in [4.69, 9.17) is 23.9 Å². The number of methoxy groups -OCH3 is 3. The zero-order valence-electron chi connectivity index (χ0n) is 21.6. The quantitative estimate of drug-likeness (QED) is 0.434. The number of hydrogen-bond donors (Lipinski definition) is 0. The van der Waals surface area contributed by atoms with Crippen molar-refractivity contribution in [2.45, 2.75) is 12.1 Å². The van der Waals surface area contributed by atoms with Gasteiger partial charge in [-0.25, -0.2) is 4.31 Å². The first-order valence-corrected chi connectivity index (χ1v) is 13.7. The number of nitrogens with zero attached hydrogens (tertiary/aromatic N) is 3. The molecule has 5 rings (SSSR count). The average molecular weight is 538 g/mol. The van der Waals surface area contributed by atoms with E-state index in [0.717, 1.165) is 11.1 Å². The Morgan fingerprint density at radius 3 is 1.71 bits per heavy atom. The molecule has 2 atom stereocenters. The minimum absolute atomic E-state index is 0.275. The van der Waals surface area contributed by atoms with E-state index < -0.39 is 22.3 Å². The fourth-order valence-electron chi connectivity index (χ4n) is 4.79. The van der Waals surface area contributed by atoms with Crippen LogP contribution in [0.15, 0.2) is 77.8 Å². The van der Waals surface area contributed by atoms with Gasteiger partial charge in [-0.05, 0) is 59.7 Å². The summed E-state index contributed by atoms with van der Waals surface area (Å²) in [6.07, 6.45) is 0. The number of amidine groups is 1. The maximum absolute atomic E-state index is 14.3. The largest absolute Gasteiger partial charge is 0.497 e. The van der Waals surface area contributed by atoms with E-state index in [1.807, 2.05) is 60.7 Å². The Labute approximate surface area is 223 Å². The van der Waals surface area contributed by atoms with Gasteiger partial charge in [-0.3, -0.25) is 4.99 Å². The van der Waals surface area contributed by atoms with Crippen LogP contribution in [0.1, 0.15) is 28.8 Å². The van der Waals surface area contributed by atoms with Gasteiger partial charge in [-0.2, -0.15) is 12.7 Å². The van der Waals surface area contributed by atoms with Crippen LogP contribution in [0.4, 0.5) is 0 Å². The fraction of sp³-hybridized carbons (Fsp3) is 0.321. The summed E-state index contributed by atoms with van der Waals surface area (Å²) in [5, 5.41) is 0. The average Bonchev–Trinajstić information content (AvgIpc) is 3.39. The molecule has 0 saturated carbocycles. The highest BCUT2D eigenvalue weighted by Gasteiger charge is 2.47. The Kier molecular flexibility index (Phi) is 7.55. The third-order valence-corrected chi connectivity index (χ3v) is 8.74. The van der Waals surface area contributed by atoms with Crippen LogP contribution in [0.25, 0.3) is 0 Å². The van der Waals surface area contributed by atoms with Crippen LogP contribution in [0.2, 0.25) is 0 Å². The lowest BCUT2D eigenvalue weighted by atomic mass is 9.94. The molecule has 1 saturated heterocycles. The van der Waals surface area contributed by atoms with Crippen LogP contribution in [0.3, 0.4) is 0 Å². The molecule has 0 amide bonds. The highest BCUT2D eigenvalue weighted by molar-refractivity contribution is 7.87. The van der Waals surface area contributed by atoms with E-state index in [0.29, 0.717) is 41.9 Å². The Morgan fingerprint density at radius 1 is 0.737 bits per heavy atom. The second kappa shape index (κ2) is 11.0. The molecular formula is C28H31N3O6S. The lowest BCUT2D eigenvalue weighted by Gasteiger charge is -2.36. The Hall–Kier alpha value is -3.60. The molecule has 38 heavy (non-hydrogen) atoms. The third-order valence-electron chi connectivity index (χ3n) is 6.83. The van der Waals surface area contributed by atoms with Crippen molar-refractivity contribution in [1.82, 2.24) is 8.61 Å². The molecule has 3 aromatic rings. The number of ether oxygens (including phenoxy) is 4. The predicted octanol–water partition coefficient (Wildman–Crippen LogP) is 3.83. The molecule has 0 N–H and O–H groups in total. The Balaban J connectivity index is 1.68. The van der Waals surface area contributed by atoms with Crippen molar-refractivity contribution in [3.63, 3.8) is 0 Å². The molecule has 9 nitrogen and oxygen atoms in total. The van der Waals surface area contributed by atoms with Crippen molar-refractivity contribution in [3.8, 4) is 17.2 Å². The van der Waals surface area contributed by atoms with Crippen molar-refractivity contribution < 1.29 is 27.4 Å². The zero-order valence-corrected chi connectivity index (χ0v) is 22.4. The second-order valence-corrected chi connectivity index (χ2v) is 10.7. The van der Waals surface area contributed by atoms with E-state index in [1.165, 1.54) is 8.61 Å². The second-order valence-electron chi connectivity index (χ2n) is 8.93. The lowest BCUT2D eigenvalue weighted by Crippen LogP contribution is -2.50. The number of hydrogen-bond acceptors (Lipinski definition) is 7. The first-order valence-electron chi connectivity index (χ1n) is 12.3. The molecule has 0 bridgehead atoms. The topological polar surface area (TPSA) is 89.9 Å². The Bertz CT molecular complexity index is 1370. The molecule has 0 spiro atoms. The molecule has 0 radical (unpaired) electrons. The molecule has 200 valence electrons. The van der Waals surface area contributed by atoms with Gasteiger partial charge >= 0.3 is 10.2 Å². The van der Waals surface area contributed by atoms with Gasteiger partial charge in [-0.1, -0.05) is 24.3 Å². The van der Waals surface area contributed by atoms with E-state index >= 15 is 0 Å². The zero-order chi connectivity index (χ0) is 26.7. The summed E-state index contributed by atoms with van der Waals surface area (Å²) < 4.78 is 53.1. The molecule has 0 aromatic heterocycles. The SMILES string of the molecule is COc1ccc(C2=N[C@@H](c3ccc(OC)cc3)[C@@H](c3ccc(OC)cc3)N2S(=O)(=O)N2CCOCC2)cc1. The normalized spacial score (nSPS) is 20.2. The van der Waals surface area contributed by atoms with E-state index in [-0.39, 0.29) is 13.1 Å². The summed E-state index contributed by atoms with van der Waals surface area (Å²) in [4.78, 5) is 5.08. The molecule has 3 aromatic carbocycles. The smallest absolute Gasteiger partial charge is 0.306 e. The van der Waals surface area contributed by atoms with Crippen LogP contribution in [0.5, 0.6) is 17.2 Å². The van der Waals surface area contributed by atoms with Gasteiger partial charge in [0.2, 0.25) is 0 Å². The van der Waals surface area contributed by atoms with Gasteiger partial charge in [0, 0.05) is 18.7 Å². The van der Waals surface area contributed by atoms with Gasteiger partial charge in [0.05, 0.1) is 40.6 Å². The number of aliphatic imine (C=N–C) groups is 1. The van der Waals surface area contributed by atoms with Crippen molar-refractivity contribution in [2.75, 3.05) is 47.6 Å². The molecule has 10 heteroatoms. The molecule has 0 unspecified atom stereocenters. The van der Waals surface area contributed by atoms with Crippen LogP contribution in [-0.2, 0) is 14.9 Å². The van der Waals surface area contributed by atoms with Crippen LogP contribution in [-0.4, -0.2) is 70.5 Å². The molecule has 1 fully saturated rings. The first-order chi connectivity index (χ1) is 18.5. The minimum Gasteiger partial charge on any atom is -0.497 e. The summed E-state index contributed by atoms with van der Waals surface area (Å²) in [5.41, 5.74) is 2.35. The summed E-state index contributed by atoms with van der Waals surface area (Å²) >= 11 is 0. The Morgan fingerprint density at radius 2 is 1.21 bits per heavy atom. The van der Waals surface area contributed by atoms with Gasteiger partial charge < -0.3 is 18.9 Å². The minimum atomic E-state index is -3.97. The molecule has 0 aliphatic carbocycles. The third kappa shape index (κ3) is 4.94. The lowest BCUT2D eigenvalue weighted by molar-refractivity contribution is 0.0707. The van der Waals surface area contributed by atoms with E-state index in [1.54, 1.807) is 33.5 Å². The molecule has 2 aliphatic rings. The molecular weight excluding hydrogens is 506 g/mol. The van der Waals surface area contributed by atoms with E-state index in [2.05, 4.69) is 0 Å². The summed E-state index contributed by atoms with van der Waals surface area (Å²) in [7, 11) is 0.836. The summed E-state index contributed by atoms with van der Waals surface area (Å²) in [5.74, 6) is 2.45. The molecule has 2 heterocycles. The van der Waals surface area contributed by atoms with Crippen LogP contribution in [0, 0.1) is 0 Å². The number of morpholine rings is 1. The monoisotopic (exact) mass is 537 g/mol. The predicted molar refractivity (Wildman–Crippen MR) is 144 cm³/mol. The maximum atomic E-state index is 14.3. The standard InChI is InChI=1S/C28H31N3O6S/c1-34-23-10-4-20(5-11-23)26-27(21-6-12-24(35-2)13-7-21)31(38(32,33)30-16-18-37-19-17-30)28(29-26)22-8-14-25(36-3)15-9-22/h4-15,26-27H,16-19H2,1-3H3/t26-,27+/m0/s1. The van der Waals surface area contributed by atoms with E-state index in [9.17, 15) is 8.42 Å². The van der Waals surface area contributed by atoms with Crippen molar-refractivity contribution in [3.05, 3.63) is 89.5 Å². The first kappa shape index (κ1) is 26.0. The molecule has 2 aliphatic heterocycles. The highest BCUT2D eigenvalue weighted by atomic mass is 32.2.